The van der Waals surface area contributed by atoms with Gasteiger partial charge in [0.2, 0.25) is 0 Å². The summed E-state index contributed by atoms with van der Waals surface area (Å²) in [5, 5.41) is 13.4. The van der Waals surface area contributed by atoms with Gasteiger partial charge in [-0.2, -0.15) is 0 Å². The zero-order valence-corrected chi connectivity index (χ0v) is 11.9. The van der Waals surface area contributed by atoms with Gasteiger partial charge in [-0.3, -0.25) is 0 Å². The van der Waals surface area contributed by atoms with Crippen molar-refractivity contribution in [3.05, 3.63) is 18.0 Å². The topological polar surface area (TPSA) is 67.3 Å². The van der Waals surface area contributed by atoms with E-state index in [1.165, 1.54) is 11.8 Å². The molecule has 1 rings (SSSR count). The van der Waals surface area contributed by atoms with E-state index in [1.807, 2.05) is 19.3 Å². The highest BCUT2D eigenvalue weighted by atomic mass is 32.2. The third kappa shape index (κ3) is 5.77. The van der Waals surface area contributed by atoms with Gasteiger partial charge in [-0.25, -0.2) is 9.97 Å². The fraction of sp³-hybridized carbons (Fsp3) is 0.667. The Hall–Kier alpha value is -0.690. The van der Waals surface area contributed by atoms with Crippen molar-refractivity contribution in [3.63, 3.8) is 0 Å². The number of methoxy groups -OCH3 is 1. The fourth-order valence-corrected chi connectivity index (χ4v) is 1.92. The predicted molar refractivity (Wildman–Crippen MR) is 72.6 cm³/mol. The maximum atomic E-state index is 9.41. The second-order valence-electron chi connectivity index (χ2n) is 4.11. The molecule has 0 radical (unpaired) electrons. The van der Waals surface area contributed by atoms with Gasteiger partial charge in [-0.05, 0) is 6.92 Å². The van der Waals surface area contributed by atoms with Crippen molar-refractivity contribution < 1.29 is 9.84 Å². The second kappa shape index (κ2) is 8.42. The number of ether oxygens (including phenoxy) is 1. The number of nitrogens with one attached hydrogen (secondary N) is 1. The molecular formula is C12H21N3O2S. The van der Waals surface area contributed by atoms with Crippen molar-refractivity contribution in [2.75, 3.05) is 20.3 Å². The van der Waals surface area contributed by atoms with Crippen LogP contribution in [-0.4, -0.2) is 46.7 Å². The fourth-order valence-electron chi connectivity index (χ4n) is 1.17. The van der Waals surface area contributed by atoms with Gasteiger partial charge in [0.25, 0.3) is 0 Å². The molecule has 1 heterocycles. The van der Waals surface area contributed by atoms with Crippen molar-refractivity contribution in [2.45, 2.75) is 36.9 Å². The molecule has 0 saturated heterocycles. The van der Waals surface area contributed by atoms with Crippen LogP contribution in [0.5, 0.6) is 0 Å². The average molecular weight is 271 g/mol. The average Bonchev–Trinajstić information content (AvgIpc) is 2.36. The Morgan fingerprint density at radius 3 is 2.61 bits per heavy atom. The van der Waals surface area contributed by atoms with Crippen LogP contribution in [0.3, 0.4) is 0 Å². The van der Waals surface area contributed by atoms with Gasteiger partial charge in [0.1, 0.15) is 0 Å². The van der Waals surface area contributed by atoms with E-state index in [0.29, 0.717) is 11.8 Å². The van der Waals surface area contributed by atoms with Crippen LogP contribution in [0.15, 0.2) is 17.6 Å². The van der Waals surface area contributed by atoms with Crippen LogP contribution in [0, 0.1) is 0 Å². The standard InChI is InChI=1S/C12H21N3O2S/c1-9(16)10(2)18-12-14-7-11(8-15-12)6-13-4-5-17-3/h7-10,13,16H,4-6H2,1-3H3. The smallest absolute Gasteiger partial charge is 0.187 e. The lowest BCUT2D eigenvalue weighted by Gasteiger charge is -2.12. The number of aliphatic hydroxyl groups is 1. The van der Waals surface area contributed by atoms with Crippen molar-refractivity contribution in [1.29, 1.82) is 0 Å². The summed E-state index contributed by atoms with van der Waals surface area (Å²) < 4.78 is 4.94. The summed E-state index contributed by atoms with van der Waals surface area (Å²) in [5.74, 6) is 0. The summed E-state index contributed by atoms with van der Waals surface area (Å²) in [6.45, 7) is 5.97. The van der Waals surface area contributed by atoms with Crippen LogP contribution in [0.4, 0.5) is 0 Å². The lowest BCUT2D eigenvalue weighted by molar-refractivity contribution is 0.196. The summed E-state index contributed by atoms with van der Waals surface area (Å²) in [6.07, 6.45) is 3.25. The van der Waals surface area contributed by atoms with Crippen LogP contribution in [0.1, 0.15) is 19.4 Å². The van der Waals surface area contributed by atoms with Crippen molar-refractivity contribution in [1.82, 2.24) is 15.3 Å². The number of thioether (sulfide) groups is 1. The SMILES string of the molecule is COCCNCc1cnc(SC(C)C(C)O)nc1. The van der Waals surface area contributed by atoms with E-state index in [0.717, 1.165) is 18.7 Å². The minimum atomic E-state index is -0.367. The molecule has 0 saturated carbocycles. The summed E-state index contributed by atoms with van der Waals surface area (Å²) in [5.41, 5.74) is 1.04. The highest BCUT2D eigenvalue weighted by molar-refractivity contribution is 7.99. The van der Waals surface area contributed by atoms with Gasteiger partial charge in [-0.1, -0.05) is 18.7 Å². The largest absolute Gasteiger partial charge is 0.392 e. The Bertz CT molecular complexity index is 333. The first-order valence-corrected chi connectivity index (χ1v) is 6.86. The van der Waals surface area contributed by atoms with E-state index < -0.39 is 0 Å². The second-order valence-corrected chi connectivity index (χ2v) is 5.45. The molecule has 2 atom stereocenters. The molecule has 0 fully saturated rings. The molecule has 0 amide bonds. The van der Waals surface area contributed by atoms with Crippen LogP contribution < -0.4 is 5.32 Å². The normalized spacial score (nSPS) is 14.4. The molecule has 18 heavy (non-hydrogen) atoms. The molecule has 0 spiro atoms. The molecule has 0 aliphatic heterocycles. The molecule has 5 nitrogen and oxygen atoms in total. The van der Waals surface area contributed by atoms with Crippen molar-refractivity contribution in [2.24, 2.45) is 0 Å². The first kappa shape index (κ1) is 15.4. The number of hydrogen-bond acceptors (Lipinski definition) is 6. The highest BCUT2D eigenvalue weighted by Gasteiger charge is 2.11. The Balaban J connectivity index is 2.37. The van der Waals surface area contributed by atoms with E-state index in [1.54, 1.807) is 14.0 Å². The van der Waals surface area contributed by atoms with Gasteiger partial charge >= 0.3 is 0 Å². The van der Waals surface area contributed by atoms with Gasteiger partial charge in [0.15, 0.2) is 5.16 Å². The number of nitrogens with zero attached hydrogens (tertiary/aromatic N) is 2. The zero-order valence-electron chi connectivity index (χ0n) is 11.1. The number of aromatic nitrogens is 2. The van der Waals surface area contributed by atoms with Crippen molar-refractivity contribution >= 4 is 11.8 Å². The maximum Gasteiger partial charge on any atom is 0.187 e. The Labute approximate surface area is 112 Å². The van der Waals surface area contributed by atoms with Gasteiger partial charge < -0.3 is 15.2 Å². The molecular weight excluding hydrogens is 250 g/mol. The predicted octanol–water partition coefficient (Wildman–Crippen LogP) is 1.07. The van der Waals surface area contributed by atoms with Gasteiger partial charge in [0, 0.05) is 43.4 Å². The zero-order chi connectivity index (χ0) is 13.4. The van der Waals surface area contributed by atoms with Crippen LogP contribution >= 0.6 is 11.8 Å². The summed E-state index contributed by atoms with van der Waals surface area (Å²) in [7, 11) is 1.68. The third-order valence-corrected chi connectivity index (χ3v) is 3.65. The molecule has 0 aliphatic rings. The Morgan fingerprint density at radius 1 is 1.39 bits per heavy atom. The molecule has 1 aromatic heterocycles. The van der Waals surface area contributed by atoms with E-state index >= 15 is 0 Å². The Morgan fingerprint density at radius 2 is 2.06 bits per heavy atom. The molecule has 6 heteroatoms. The number of aliphatic hydroxyl groups excluding tert-OH is 1. The van der Waals surface area contributed by atoms with E-state index in [4.69, 9.17) is 4.74 Å². The first-order chi connectivity index (χ1) is 8.63. The molecule has 2 N–H and O–H groups in total. The van der Waals surface area contributed by atoms with Crippen LogP contribution in [-0.2, 0) is 11.3 Å². The third-order valence-electron chi connectivity index (χ3n) is 2.46. The van der Waals surface area contributed by atoms with E-state index in [2.05, 4.69) is 15.3 Å². The van der Waals surface area contributed by atoms with Crippen LogP contribution in [0.2, 0.25) is 0 Å². The number of rotatable bonds is 8. The molecule has 0 aliphatic carbocycles. The quantitative estimate of drug-likeness (QED) is 0.419. The summed E-state index contributed by atoms with van der Waals surface area (Å²) in [6, 6.07) is 0. The van der Waals surface area contributed by atoms with Crippen molar-refractivity contribution in [3.8, 4) is 0 Å². The minimum Gasteiger partial charge on any atom is -0.392 e. The highest BCUT2D eigenvalue weighted by Crippen LogP contribution is 2.21. The Kier molecular flexibility index (Phi) is 7.19. The van der Waals surface area contributed by atoms with Crippen LogP contribution in [0.25, 0.3) is 0 Å². The molecule has 2 unspecified atom stereocenters. The minimum absolute atomic E-state index is 0.0932. The molecule has 0 aromatic carbocycles. The lowest BCUT2D eigenvalue weighted by Crippen LogP contribution is -2.19. The van der Waals surface area contributed by atoms with E-state index in [9.17, 15) is 5.11 Å². The monoisotopic (exact) mass is 271 g/mol. The summed E-state index contributed by atoms with van der Waals surface area (Å²) >= 11 is 1.48. The molecule has 0 bridgehead atoms. The van der Waals surface area contributed by atoms with Gasteiger partial charge in [-0.15, -0.1) is 0 Å². The summed E-state index contributed by atoms with van der Waals surface area (Å²) in [4.78, 5) is 8.54. The first-order valence-electron chi connectivity index (χ1n) is 5.98. The molecule has 1 aromatic rings. The maximum absolute atomic E-state index is 9.41. The van der Waals surface area contributed by atoms with Gasteiger partial charge in [0.05, 0.1) is 12.7 Å². The molecule has 102 valence electrons. The number of hydrogen-bond donors (Lipinski definition) is 2. The van der Waals surface area contributed by atoms with E-state index in [-0.39, 0.29) is 11.4 Å². The lowest BCUT2D eigenvalue weighted by atomic mass is 10.3.